The molecule has 1 fully saturated rings. The van der Waals surface area contributed by atoms with Gasteiger partial charge in [-0.1, -0.05) is 61.8 Å². The minimum absolute atomic E-state index is 0.483. The second kappa shape index (κ2) is 4.35. The maximum absolute atomic E-state index is 2.51. The first kappa shape index (κ1) is 14.1. The van der Waals surface area contributed by atoms with Gasteiger partial charge in [-0.2, -0.15) is 0 Å². The molecule has 1 saturated carbocycles. The number of rotatable bonds is 3. The molecule has 16 heavy (non-hydrogen) atoms. The summed E-state index contributed by atoms with van der Waals surface area (Å²) in [4.78, 5) is 0. The first-order valence-corrected chi connectivity index (χ1v) is 7.16. The van der Waals surface area contributed by atoms with E-state index in [-0.39, 0.29) is 0 Å². The van der Waals surface area contributed by atoms with Crippen LogP contribution in [0.4, 0.5) is 0 Å². The predicted molar refractivity (Wildman–Crippen MR) is 73.5 cm³/mol. The fraction of sp³-hybridized carbons (Fsp3) is 1.00. The highest BCUT2D eigenvalue weighted by atomic mass is 14.6. The molecule has 0 heterocycles. The van der Waals surface area contributed by atoms with Gasteiger partial charge in [-0.25, -0.2) is 0 Å². The van der Waals surface area contributed by atoms with Gasteiger partial charge in [-0.3, -0.25) is 0 Å². The van der Waals surface area contributed by atoms with Crippen LogP contribution in [0.25, 0.3) is 0 Å². The molecule has 96 valence electrons. The van der Waals surface area contributed by atoms with Gasteiger partial charge in [0, 0.05) is 0 Å². The van der Waals surface area contributed by atoms with E-state index in [0.29, 0.717) is 10.8 Å². The Bertz CT molecular complexity index is 234. The first-order chi connectivity index (χ1) is 7.16. The van der Waals surface area contributed by atoms with Crippen LogP contribution >= 0.6 is 0 Å². The second-order valence-corrected chi connectivity index (χ2v) is 7.49. The van der Waals surface area contributed by atoms with Crippen LogP contribution in [0, 0.1) is 34.5 Å². The summed E-state index contributed by atoms with van der Waals surface area (Å²) in [6.45, 7) is 19.6. The molecule has 0 nitrogen and oxygen atoms in total. The third-order valence-electron chi connectivity index (χ3n) is 6.33. The smallest absolute Gasteiger partial charge is 0.0269 e. The normalized spacial score (nSPS) is 34.3. The Morgan fingerprint density at radius 1 is 1.00 bits per heavy atom. The van der Waals surface area contributed by atoms with Crippen LogP contribution in [0.3, 0.4) is 0 Å². The van der Waals surface area contributed by atoms with Crippen molar-refractivity contribution in [1.82, 2.24) is 0 Å². The maximum Gasteiger partial charge on any atom is -0.0269 e. The second-order valence-electron chi connectivity index (χ2n) is 7.49. The Labute approximate surface area is 103 Å². The molecule has 0 aromatic rings. The molecule has 3 unspecified atom stereocenters. The fourth-order valence-electron chi connectivity index (χ4n) is 3.91. The third kappa shape index (κ3) is 1.93. The predicted octanol–water partition coefficient (Wildman–Crippen LogP) is 5.38. The zero-order valence-electron chi connectivity index (χ0n) is 12.7. The summed E-state index contributed by atoms with van der Waals surface area (Å²) >= 11 is 0. The molecular formula is C16H32. The van der Waals surface area contributed by atoms with E-state index in [1.54, 1.807) is 0 Å². The summed E-state index contributed by atoms with van der Waals surface area (Å²) < 4.78 is 0. The molecule has 0 heteroatoms. The van der Waals surface area contributed by atoms with Crippen molar-refractivity contribution in [3.8, 4) is 0 Å². The molecule has 0 bridgehead atoms. The Kier molecular flexibility index (Phi) is 3.82. The Morgan fingerprint density at radius 2 is 1.50 bits per heavy atom. The molecule has 0 N–H and O–H groups in total. The molecule has 1 aliphatic rings. The van der Waals surface area contributed by atoms with E-state index in [4.69, 9.17) is 0 Å². The molecule has 1 aliphatic carbocycles. The van der Waals surface area contributed by atoms with Gasteiger partial charge in [-0.15, -0.1) is 0 Å². The van der Waals surface area contributed by atoms with Crippen molar-refractivity contribution in [2.45, 2.75) is 68.2 Å². The minimum atomic E-state index is 0.483. The van der Waals surface area contributed by atoms with Crippen LogP contribution < -0.4 is 0 Å². The van der Waals surface area contributed by atoms with Crippen molar-refractivity contribution in [1.29, 1.82) is 0 Å². The summed E-state index contributed by atoms with van der Waals surface area (Å²) in [6, 6.07) is 0. The molecule has 0 aromatic heterocycles. The Hall–Kier alpha value is 0. The molecule has 0 saturated heterocycles. The van der Waals surface area contributed by atoms with E-state index in [0.717, 1.165) is 23.7 Å². The van der Waals surface area contributed by atoms with Crippen molar-refractivity contribution in [2.24, 2.45) is 34.5 Å². The topological polar surface area (TPSA) is 0 Å². The molecule has 1 rings (SSSR count). The highest BCUT2D eigenvalue weighted by molar-refractivity contribution is 5.03. The SMILES string of the molecule is CCC1CC(C(C)C(C)C)C(C)(C)C1(C)C. The minimum Gasteiger partial charge on any atom is -0.0651 e. The van der Waals surface area contributed by atoms with E-state index < -0.39 is 0 Å². The van der Waals surface area contributed by atoms with E-state index in [2.05, 4.69) is 55.4 Å². The van der Waals surface area contributed by atoms with Gasteiger partial charge in [0.15, 0.2) is 0 Å². The number of hydrogen-bond donors (Lipinski definition) is 0. The number of hydrogen-bond acceptors (Lipinski definition) is 0. The average Bonchev–Trinajstić information content (AvgIpc) is 2.33. The van der Waals surface area contributed by atoms with Gasteiger partial charge < -0.3 is 0 Å². The van der Waals surface area contributed by atoms with Gasteiger partial charge in [0.2, 0.25) is 0 Å². The van der Waals surface area contributed by atoms with Crippen LogP contribution in [0.1, 0.15) is 68.2 Å². The monoisotopic (exact) mass is 224 g/mol. The zero-order chi connectivity index (χ0) is 12.7. The fourth-order valence-corrected chi connectivity index (χ4v) is 3.91. The maximum atomic E-state index is 2.51. The van der Waals surface area contributed by atoms with Crippen molar-refractivity contribution < 1.29 is 0 Å². The molecule has 0 amide bonds. The van der Waals surface area contributed by atoms with Crippen LogP contribution in [-0.2, 0) is 0 Å². The molecule has 0 spiro atoms. The Morgan fingerprint density at radius 3 is 1.81 bits per heavy atom. The van der Waals surface area contributed by atoms with E-state index >= 15 is 0 Å². The summed E-state index contributed by atoms with van der Waals surface area (Å²) in [5.41, 5.74) is 0.979. The Balaban J connectivity index is 2.99. The van der Waals surface area contributed by atoms with Gasteiger partial charge >= 0.3 is 0 Å². The summed E-state index contributed by atoms with van der Waals surface area (Å²) in [5, 5.41) is 0. The van der Waals surface area contributed by atoms with Gasteiger partial charge in [-0.05, 0) is 40.9 Å². The first-order valence-electron chi connectivity index (χ1n) is 7.16. The highest BCUT2D eigenvalue weighted by Crippen LogP contribution is 2.62. The van der Waals surface area contributed by atoms with E-state index in [9.17, 15) is 0 Å². The summed E-state index contributed by atoms with van der Waals surface area (Å²) in [6.07, 6.45) is 2.79. The summed E-state index contributed by atoms with van der Waals surface area (Å²) in [5.74, 6) is 3.47. The lowest BCUT2D eigenvalue weighted by molar-refractivity contribution is 0.0469. The largest absolute Gasteiger partial charge is 0.0651 e. The van der Waals surface area contributed by atoms with Crippen molar-refractivity contribution >= 4 is 0 Å². The van der Waals surface area contributed by atoms with Crippen molar-refractivity contribution in [2.75, 3.05) is 0 Å². The van der Waals surface area contributed by atoms with Crippen LogP contribution in [0.15, 0.2) is 0 Å². The van der Waals surface area contributed by atoms with Crippen LogP contribution in [0.5, 0.6) is 0 Å². The third-order valence-corrected chi connectivity index (χ3v) is 6.33. The van der Waals surface area contributed by atoms with Crippen molar-refractivity contribution in [3.63, 3.8) is 0 Å². The lowest BCUT2D eigenvalue weighted by Gasteiger charge is -2.44. The van der Waals surface area contributed by atoms with E-state index in [1.807, 2.05) is 0 Å². The van der Waals surface area contributed by atoms with Gasteiger partial charge in [0.1, 0.15) is 0 Å². The van der Waals surface area contributed by atoms with E-state index in [1.165, 1.54) is 12.8 Å². The zero-order valence-corrected chi connectivity index (χ0v) is 12.7. The van der Waals surface area contributed by atoms with Gasteiger partial charge in [0.25, 0.3) is 0 Å². The van der Waals surface area contributed by atoms with Crippen molar-refractivity contribution in [3.05, 3.63) is 0 Å². The lowest BCUT2D eigenvalue weighted by Crippen LogP contribution is -2.37. The van der Waals surface area contributed by atoms with Gasteiger partial charge in [0.05, 0.1) is 0 Å². The summed E-state index contributed by atoms with van der Waals surface area (Å²) in [7, 11) is 0. The molecule has 3 atom stereocenters. The highest BCUT2D eigenvalue weighted by Gasteiger charge is 2.54. The quantitative estimate of drug-likeness (QED) is 0.604. The molecule has 0 aliphatic heterocycles. The van der Waals surface area contributed by atoms with Crippen LogP contribution in [0.2, 0.25) is 0 Å². The lowest BCUT2D eigenvalue weighted by atomic mass is 9.61. The standard InChI is InChI=1S/C16H32/c1-9-13-10-14(12(4)11(2)3)16(7,8)15(13,5)6/h11-14H,9-10H2,1-8H3. The molecular weight excluding hydrogens is 192 g/mol. The molecule has 0 radical (unpaired) electrons. The molecule has 0 aromatic carbocycles. The van der Waals surface area contributed by atoms with Crippen LogP contribution in [-0.4, -0.2) is 0 Å². The average molecular weight is 224 g/mol.